The van der Waals surface area contributed by atoms with E-state index in [1.165, 1.54) is 4.67 Å². The minimum atomic E-state index is -3.76. The number of carbonyl (C=O) groups is 5. The van der Waals surface area contributed by atoms with Crippen molar-refractivity contribution in [1.29, 1.82) is 0 Å². The molecule has 11 N–H and O–H groups in total. The molecule has 0 aliphatic carbocycles. The number of nitrogens with zero attached hydrogens (tertiary/aromatic N) is 9. The zero-order valence-electron chi connectivity index (χ0n) is 59.3. The molecule has 4 aliphatic rings. The molecule has 13 atom stereocenters. The Labute approximate surface area is 580 Å². The summed E-state index contributed by atoms with van der Waals surface area (Å²) in [4.78, 5) is 83.4. The van der Waals surface area contributed by atoms with Crippen LogP contribution in [0.1, 0.15) is 90.2 Å². The highest BCUT2D eigenvalue weighted by atomic mass is 31.2. The van der Waals surface area contributed by atoms with Gasteiger partial charge in [0.25, 0.3) is 7.52 Å². The fourth-order valence-corrected chi connectivity index (χ4v) is 19.0. The first kappa shape index (κ1) is 81.9. The minimum Gasteiger partial charge on any atom is -0.370 e. The molecule has 2 aromatic rings. The normalized spacial score (nSPS) is 23.9. The Morgan fingerprint density at radius 2 is 1.07 bits per heavy atom. The molecule has 3 amide bonds. The topological polar surface area (TPSA) is 380 Å². The van der Waals surface area contributed by atoms with Gasteiger partial charge in [-0.2, -0.15) is 0 Å². The van der Waals surface area contributed by atoms with Crippen LogP contribution in [0.4, 0.5) is 0 Å². The van der Waals surface area contributed by atoms with Crippen molar-refractivity contribution in [2.75, 3.05) is 147 Å². The van der Waals surface area contributed by atoms with E-state index >= 15 is 4.57 Å². The van der Waals surface area contributed by atoms with E-state index < -0.39 is 76.8 Å². The van der Waals surface area contributed by atoms with Crippen LogP contribution in [0.5, 0.6) is 0 Å². The van der Waals surface area contributed by atoms with Crippen molar-refractivity contribution in [2.24, 2.45) is 44.8 Å². The van der Waals surface area contributed by atoms with Crippen LogP contribution < -0.4 is 38.9 Å². The number of aliphatic imine (C=N–C) groups is 2. The quantitative estimate of drug-likeness (QED) is 0.0218. The second-order valence-electron chi connectivity index (χ2n) is 26.6. The third kappa shape index (κ3) is 25.5. The Hall–Kier alpha value is -5.10. The van der Waals surface area contributed by atoms with Crippen molar-refractivity contribution in [1.82, 2.24) is 49.1 Å². The number of carbonyl (C=O) groups excluding carboxylic acids is 5. The summed E-state index contributed by atoms with van der Waals surface area (Å²) in [6, 6.07) is 16.5. The molecule has 0 aromatic heterocycles. The minimum absolute atomic E-state index is 0.0151. The van der Waals surface area contributed by atoms with E-state index in [0.717, 1.165) is 17.7 Å². The summed E-state index contributed by atoms with van der Waals surface area (Å²) in [7, 11) is -0.518. The van der Waals surface area contributed by atoms with Crippen LogP contribution in [0.15, 0.2) is 70.6 Å². The van der Waals surface area contributed by atoms with Crippen LogP contribution in [-0.4, -0.2) is 270 Å². The van der Waals surface area contributed by atoms with Crippen molar-refractivity contribution >= 4 is 64.1 Å². The summed E-state index contributed by atoms with van der Waals surface area (Å²) >= 11 is 0. The molecule has 4 fully saturated rings. The van der Waals surface area contributed by atoms with Gasteiger partial charge in [-0.15, -0.1) is 0 Å². The summed E-state index contributed by atoms with van der Waals surface area (Å²) < 4.78 is 90.8. The highest BCUT2D eigenvalue weighted by Crippen LogP contribution is 2.56. The van der Waals surface area contributed by atoms with Gasteiger partial charge >= 0.3 is 15.3 Å². The van der Waals surface area contributed by atoms with E-state index in [1.807, 2.05) is 100 Å². The number of benzene rings is 2. The molecular formula is C65H113N16O14P3. The van der Waals surface area contributed by atoms with Crippen molar-refractivity contribution in [3.63, 3.8) is 0 Å². The number of piperazine rings is 1. The fourth-order valence-electron chi connectivity index (χ4n) is 12.8. The molecule has 4 aliphatic heterocycles. The smallest absolute Gasteiger partial charge is 0.345 e. The van der Waals surface area contributed by atoms with Crippen molar-refractivity contribution < 1.29 is 65.4 Å². The second-order valence-corrected chi connectivity index (χ2v) is 34.2. The van der Waals surface area contributed by atoms with Crippen LogP contribution in [0.25, 0.3) is 0 Å². The number of nitrogens with one attached hydrogen (secondary N) is 3. The Balaban J connectivity index is 1.06. The van der Waals surface area contributed by atoms with Gasteiger partial charge in [0.2, 0.25) is 17.7 Å². The summed E-state index contributed by atoms with van der Waals surface area (Å²) in [6.07, 6.45) is -0.519. The maximum atomic E-state index is 15.1. The standard InChI is InChI=1S/C65H113N16O14P3/c1-11-52(24-18-28-71-64(66)67)62(85)74-58(35-51-22-16-13-17-23-51)60(83)36-53(34-50-20-14-12-15-21-50)63(86)73-57(25-19-29-72-65(68)69)59(82)26-27-61(84)78-30-32-79(33-31-78)97(88,75(6)7)91-45-56-42-81(39-49(4)95-56)98(89,76(8)9)92-44-55-41-80(38-48(3)94-55)96(87,46-70-5)90-43-54-40-77(10)37-47(2)93-54/h12-17,20-23,47-49,52-58,70H,11,18-19,24-46H2,1-10H3,(H,73,86)(H,74,85)(H4,66,67,71)(H4,68,69,72). The fraction of sp³-hybridized carbons (Fsp3) is 0.708. The number of rotatable bonds is 40. The Morgan fingerprint density at radius 1 is 0.592 bits per heavy atom. The maximum absolute atomic E-state index is 15.1. The summed E-state index contributed by atoms with van der Waals surface area (Å²) in [5, 5.41) is 9.01. The van der Waals surface area contributed by atoms with Crippen molar-refractivity contribution in [3.05, 3.63) is 71.8 Å². The van der Waals surface area contributed by atoms with Gasteiger partial charge in [0.1, 0.15) is 0 Å². The summed E-state index contributed by atoms with van der Waals surface area (Å²) in [6.45, 7) is 11.2. The van der Waals surface area contributed by atoms with E-state index in [4.69, 9.17) is 50.7 Å². The number of morpholine rings is 3. The van der Waals surface area contributed by atoms with Crippen LogP contribution in [0, 0.1) is 11.8 Å². The average Bonchev–Trinajstić information content (AvgIpc) is 0.804. The monoisotopic (exact) mass is 1430 g/mol. The number of guanidine groups is 2. The lowest BCUT2D eigenvalue weighted by Gasteiger charge is -2.44. The number of ether oxygens (including phenoxy) is 3. The molecule has 0 radical (unpaired) electrons. The van der Waals surface area contributed by atoms with E-state index in [9.17, 15) is 33.1 Å². The van der Waals surface area contributed by atoms with Crippen molar-refractivity contribution in [2.45, 2.75) is 141 Å². The Bertz CT molecular complexity index is 3050. The van der Waals surface area contributed by atoms with Gasteiger partial charge in [0, 0.05) is 110 Å². The second kappa shape index (κ2) is 39.9. The third-order valence-electron chi connectivity index (χ3n) is 17.8. The van der Waals surface area contributed by atoms with Gasteiger partial charge in [-0.05, 0) is 119 Å². The number of hydrogen-bond acceptors (Lipinski definition) is 18. The largest absolute Gasteiger partial charge is 0.370 e. The van der Waals surface area contributed by atoms with E-state index in [0.29, 0.717) is 45.3 Å². The summed E-state index contributed by atoms with van der Waals surface area (Å²) in [5.41, 5.74) is 23.9. The Morgan fingerprint density at radius 3 is 1.60 bits per heavy atom. The molecule has 2 aromatic carbocycles. The average molecular weight is 1440 g/mol. The molecule has 33 heteroatoms. The first-order valence-electron chi connectivity index (χ1n) is 34.3. The van der Waals surface area contributed by atoms with Gasteiger partial charge in [-0.3, -0.25) is 47.7 Å². The van der Waals surface area contributed by atoms with Crippen LogP contribution in [-0.2, 0) is 78.3 Å². The van der Waals surface area contributed by atoms with Crippen LogP contribution in [0.3, 0.4) is 0 Å². The number of hydrogen-bond donors (Lipinski definition) is 7. The lowest BCUT2D eigenvalue weighted by Crippen LogP contribution is -2.51. The molecule has 13 unspecified atom stereocenters. The predicted molar refractivity (Wildman–Crippen MR) is 379 cm³/mol. The number of Topliss-reactive ketones (excluding diaryl/α,β-unsaturated/α-hetero) is 2. The molecule has 30 nitrogen and oxygen atoms in total. The lowest BCUT2D eigenvalue weighted by atomic mass is 9.88. The molecule has 0 spiro atoms. The molecule has 98 heavy (non-hydrogen) atoms. The highest BCUT2D eigenvalue weighted by molar-refractivity contribution is 7.56. The van der Waals surface area contributed by atoms with Gasteiger partial charge in [0.15, 0.2) is 23.5 Å². The van der Waals surface area contributed by atoms with Crippen molar-refractivity contribution in [3.8, 4) is 0 Å². The highest BCUT2D eigenvalue weighted by Gasteiger charge is 2.46. The molecule has 0 saturated carbocycles. The molecule has 4 heterocycles. The summed E-state index contributed by atoms with van der Waals surface area (Å²) in [5.74, 6) is -3.49. The first-order valence-corrected chi connectivity index (χ1v) is 39.1. The lowest BCUT2D eigenvalue weighted by molar-refractivity contribution is -0.136. The van der Waals surface area contributed by atoms with E-state index in [2.05, 4.69) is 30.8 Å². The molecular weight excluding hydrogens is 1320 g/mol. The third-order valence-corrected chi connectivity index (χ3v) is 25.4. The first-order chi connectivity index (χ1) is 46.5. The van der Waals surface area contributed by atoms with E-state index in [1.54, 1.807) is 54.1 Å². The maximum Gasteiger partial charge on any atom is 0.345 e. The van der Waals surface area contributed by atoms with Crippen LogP contribution >= 0.6 is 22.9 Å². The number of ketones is 2. The number of likely N-dealkylation sites (N-methyl/N-ethyl adjacent to an activating group) is 1. The van der Waals surface area contributed by atoms with Gasteiger partial charge in [0.05, 0.1) is 74.8 Å². The SMILES string of the molecule is CCC(CCCN=C(N)N)C(=O)NC(Cc1ccccc1)C(=O)CC(Cc1ccccc1)C(=O)NC(CCCN=C(N)N)C(=O)CCC(=O)N1CCN(P(=O)(OCC2CN(P(=O)(OCC3CN(P(=O)(CNC)OCC4CN(C)CC(C)O4)CC(C)O3)N(C)C)CC(C)O2)N(C)C)CC1. The van der Waals surface area contributed by atoms with Gasteiger partial charge < -0.3 is 76.5 Å². The molecule has 6 rings (SSSR count). The van der Waals surface area contributed by atoms with Gasteiger partial charge in [-0.1, -0.05) is 67.6 Å². The number of nitrogens with two attached hydrogens (primary N) is 4. The molecule has 552 valence electrons. The van der Waals surface area contributed by atoms with E-state index in [-0.39, 0.29) is 165 Å². The van der Waals surface area contributed by atoms with Gasteiger partial charge in [-0.25, -0.2) is 23.4 Å². The zero-order chi connectivity index (χ0) is 71.7. The molecule has 4 saturated heterocycles. The molecule has 0 bridgehead atoms. The number of amides is 3. The zero-order valence-corrected chi connectivity index (χ0v) is 62.0. The van der Waals surface area contributed by atoms with Crippen LogP contribution in [0.2, 0.25) is 0 Å². The Kier molecular flexibility index (Phi) is 33.4. The predicted octanol–water partition coefficient (Wildman–Crippen LogP) is 3.30.